The highest BCUT2D eigenvalue weighted by Gasteiger charge is 2.10. The van der Waals surface area contributed by atoms with Gasteiger partial charge in [-0.05, 0) is 54.5 Å². The van der Waals surface area contributed by atoms with Crippen molar-refractivity contribution in [3.05, 3.63) is 58.7 Å². The van der Waals surface area contributed by atoms with Crippen LogP contribution >= 0.6 is 0 Å². The summed E-state index contributed by atoms with van der Waals surface area (Å²) in [5.41, 5.74) is 8.50. The Morgan fingerprint density at radius 1 is 0.833 bits per heavy atom. The van der Waals surface area contributed by atoms with Crippen molar-refractivity contribution in [3.63, 3.8) is 0 Å². The monoisotopic (exact) mass is 238 g/mol. The average Bonchev–Trinajstić information content (AvgIpc) is 2.40. The molecule has 0 aliphatic rings. The molecule has 0 unspecified atom stereocenters. The van der Waals surface area contributed by atoms with Gasteiger partial charge < -0.3 is 0 Å². The van der Waals surface area contributed by atoms with E-state index in [0.717, 1.165) is 12.8 Å². The van der Waals surface area contributed by atoms with Crippen LogP contribution in [-0.4, -0.2) is 0 Å². The van der Waals surface area contributed by atoms with Crippen molar-refractivity contribution in [1.29, 1.82) is 0 Å². The van der Waals surface area contributed by atoms with Crippen LogP contribution in [0.2, 0.25) is 0 Å². The van der Waals surface area contributed by atoms with Gasteiger partial charge in [0.15, 0.2) is 0 Å². The predicted octanol–water partition coefficient (Wildman–Crippen LogP) is 5.10. The van der Waals surface area contributed by atoms with E-state index in [2.05, 4.69) is 64.1 Å². The summed E-state index contributed by atoms with van der Waals surface area (Å²) in [5.74, 6) is 0. The lowest BCUT2D eigenvalue weighted by Crippen LogP contribution is -1.96. The Bertz CT molecular complexity index is 528. The first kappa shape index (κ1) is 12.9. The molecule has 0 radical (unpaired) electrons. The van der Waals surface area contributed by atoms with Crippen LogP contribution in [0.15, 0.2) is 36.4 Å². The standard InChI is InChI=1S/C18H22/c1-5-15-8-7-9-16(6-2)18(15)17-12-13(3)10-11-14(17)4/h7-12H,5-6H2,1-4H3. The molecule has 18 heavy (non-hydrogen) atoms. The quantitative estimate of drug-likeness (QED) is 0.698. The summed E-state index contributed by atoms with van der Waals surface area (Å²) in [7, 11) is 0. The number of benzene rings is 2. The Hall–Kier alpha value is -1.56. The van der Waals surface area contributed by atoms with E-state index in [1.807, 2.05) is 0 Å². The fourth-order valence-corrected chi connectivity index (χ4v) is 2.59. The lowest BCUT2D eigenvalue weighted by molar-refractivity contribution is 1.09. The van der Waals surface area contributed by atoms with Crippen molar-refractivity contribution in [1.82, 2.24) is 0 Å². The molecule has 0 bridgehead atoms. The highest BCUT2D eigenvalue weighted by molar-refractivity contribution is 5.74. The molecular weight excluding hydrogens is 216 g/mol. The second-order valence-corrected chi connectivity index (χ2v) is 4.98. The van der Waals surface area contributed by atoms with Crippen LogP contribution in [0.1, 0.15) is 36.1 Å². The van der Waals surface area contributed by atoms with Crippen molar-refractivity contribution in [2.45, 2.75) is 40.5 Å². The van der Waals surface area contributed by atoms with Gasteiger partial charge in [0.1, 0.15) is 0 Å². The van der Waals surface area contributed by atoms with E-state index in [0.29, 0.717) is 0 Å². The Labute approximate surface area is 111 Å². The largest absolute Gasteiger partial charge is 0.0617 e. The van der Waals surface area contributed by atoms with Crippen LogP contribution in [-0.2, 0) is 12.8 Å². The van der Waals surface area contributed by atoms with E-state index in [1.165, 1.54) is 33.4 Å². The summed E-state index contributed by atoms with van der Waals surface area (Å²) in [5, 5.41) is 0. The Balaban J connectivity index is 2.72. The van der Waals surface area contributed by atoms with Crippen molar-refractivity contribution >= 4 is 0 Å². The van der Waals surface area contributed by atoms with Crippen LogP contribution < -0.4 is 0 Å². The van der Waals surface area contributed by atoms with E-state index in [9.17, 15) is 0 Å². The normalized spacial score (nSPS) is 10.7. The molecule has 0 nitrogen and oxygen atoms in total. The fraction of sp³-hybridized carbons (Fsp3) is 0.333. The molecule has 0 N–H and O–H groups in total. The van der Waals surface area contributed by atoms with Gasteiger partial charge in [0.05, 0.1) is 0 Å². The molecule has 0 aromatic heterocycles. The first-order chi connectivity index (χ1) is 8.67. The molecule has 0 atom stereocenters. The third kappa shape index (κ3) is 2.33. The second kappa shape index (κ2) is 5.39. The summed E-state index contributed by atoms with van der Waals surface area (Å²) < 4.78 is 0. The van der Waals surface area contributed by atoms with Gasteiger partial charge in [0, 0.05) is 0 Å². The van der Waals surface area contributed by atoms with Crippen molar-refractivity contribution in [2.75, 3.05) is 0 Å². The van der Waals surface area contributed by atoms with Gasteiger partial charge in [-0.1, -0.05) is 55.8 Å². The first-order valence-electron chi connectivity index (χ1n) is 6.85. The molecule has 0 amide bonds. The lowest BCUT2D eigenvalue weighted by atomic mass is 9.89. The first-order valence-corrected chi connectivity index (χ1v) is 6.85. The molecule has 0 heteroatoms. The Morgan fingerprint density at radius 3 is 2.00 bits per heavy atom. The highest BCUT2D eigenvalue weighted by atomic mass is 14.1. The summed E-state index contributed by atoms with van der Waals surface area (Å²) >= 11 is 0. The molecule has 0 heterocycles. The molecule has 0 saturated heterocycles. The third-order valence-corrected chi connectivity index (χ3v) is 3.66. The minimum absolute atomic E-state index is 1.09. The topological polar surface area (TPSA) is 0 Å². The maximum atomic E-state index is 2.32. The van der Waals surface area contributed by atoms with Gasteiger partial charge in [-0.2, -0.15) is 0 Å². The smallest absolute Gasteiger partial charge is 0.0117 e. The van der Waals surface area contributed by atoms with Gasteiger partial charge >= 0.3 is 0 Å². The molecule has 0 spiro atoms. The van der Waals surface area contributed by atoms with Crippen molar-refractivity contribution < 1.29 is 0 Å². The molecule has 0 fully saturated rings. The number of hydrogen-bond acceptors (Lipinski definition) is 0. The number of hydrogen-bond donors (Lipinski definition) is 0. The van der Waals surface area contributed by atoms with E-state index < -0.39 is 0 Å². The third-order valence-electron chi connectivity index (χ3n) is 3.66. The zero-order valence-corrected chi connectivity index (χ0v) is 11.9. The summed E-state index contributed by atoms with van der Waals surface area (Å²) in [6, 6.07) is 13.5. The maximum Gasteiger partial charge on any atom is -0.0117 e. The fourth-order valence-electron chi connectivity index (χ4n) is 2.59. The van der Waals surface area contributed by atoms with E-state index >= 15 is 0 Å². The van der Waals surface area contributed by atoms with Crippen molar-refractivity contribution in [3.8, 4) is 11.1 Å². The molecule has 2 rings (SSSR count). The van der Waals surface area contributed by atoms with Crippen LogP contribution in [0.25, 0.3) is 11.1 Å². The molecule has 0 aliphatic heterocycles. The van der Waals surface area contributed by atoms with Gasteiger partial charge in [-0.15, -0.1) is 0 Å². The van der Waals surface area contributed by atoms with Crippen molar-refractivity contribution in [2.24, 2.45) is 0 Å². The van der Waals surface area contributed by atoms with Crippen LogP contribution in [0, 0.1) is 13.8 Å². The summed E-state index contributed by atoms with van der Waals surface area (Å²) in [6.07, 6.45) is 2.19. The predicted molar refractivity (Wildman–Crippen MR) is 80.1 cm³/mol. The van der Waals surface area contributed by atoms with Gasteiger partial charge in [-0.25, -0.2) is 0 Å². The van der Waals surface area contributed by atoms with Gasteiger partial charge in [0.25, 0.3) is 0 Å². The van der Waals surface area contributed by atoms with Gasteiger partial charge in [-0.3, -0.25) is 0 Å². The minimum atomic E-state index is 1.09. The van der Waals surface area contributed by atoms with Crippen LogP contribution in [0.4, 0.5) is 0 Å². The molecule has 94 valence electrons. The second-order valence-electron chi connectivity index (χ2n) is 4.98. The average molecular weight is 238 g/mol. The molecule has 2 aromatic rings. The molecular formula is C18H22. The molecule has 2 aromatic carbocycles. The molecule has 0 saturated carbocycles. The Kier molecular flexibility index (Phi) is 3.86. The highest BCUT2D eigenvalue weighted by Crippen LogP contribution is 2.32. The minimum Gasteiger partial charge on any atom is -0.0617 e. The van der Waals surface area contributed by atoms with Gasteiger partial charge in [0.2, 0.25) is 0 Å². The SMILES string of the molecule is CCc1cccc(CC)c1-c1cc(C)ccc1C. The zero-order chi connectivity index (χ0) is 13.1. The molecule has 0 aliphatic carbocycles. The maximum absolute atomic E-state index is 2.32. The zero-order valence-electron chi connectivity index (χ0n) is 11.9. The summed E-state index contributed by atoms with van der Waals surface area (Å²) in [4.78, 5) is 0. The van der Waals surface area contributed by atoms with Crippen LogP contribution in [0.3, 0.4) is 0 Å². The lowest BCUT2D eigenvalue weighted by Gasteiger charge is -2.16. The van der Waals surface area contributed by atoms with E-state index in [-0.39, 0.29) is 0 Å². The van der Waals surface area contributed by atoms with Crippen LogP contribution in [0.5, 0.6) is 0 Å². The number of aryl methyl sites for hydroxylation is 4. The summed E-state index contributed by atoms with van der Waals surface area (Å²) in [6.45, 7) is 8.86. The Morgan fingerprint density at radius 2 is 1.44 bits per heavy atom. The van der Waals surface area contributed by atoms with E-state index in [4.69, 9.17) is 0 Å². The van der Waals surface area contributed by atoms with E-state index in [1.54, 1.807) is 0 Å². The number of rotatable bonds is 3.